The van der Waals surface area contributed by atoms with Crippen LogP contribution in [0.2, 0.25) is 0 Å². The molecule has 0 bridgehead atoms. The molecule has 0 atom stereocenters. The number of hydrogen-bond acceptors (Lipinski definition) is 5. The van der Waals surface area contributed by atoms with Gasteiger partial charge in [-0.1, -0.05) is 30.3 Å². The summed E-state index contributed by atoms with van der Waals surface area (Å²) in [7, 11) is 0. The zero-order valence-electron chi connectivity index (χ0n) is 15.4. The van der Waals surface area contributed by atoms with Gasteiger partial charge in [-0.3, -0.25) is 4.79 Å². The number of thioether (sulfide) groups is 1. The van der Waals surface area contributed by atoms with Crippen LogP contribution in [0.25, 0.3) is 16.9 Å². The maximum Gasteiger partial charge on any atom is 0.225 e. The molecule has 7 heteroatoms. The number of aryl methyl sites for hydroxylation is 1. The number of nitrogens with one attached hydrogen (secondary N) is 1. The van der Waals surface area contributed by atoms with Gasteiger partial charge in [-0.05, 0) is 43.3 Å². The predicted molar refractivity (Wildman–Crippen MR) is 111 cm³/mol. The summed E-state index contributed by atoms with van der Waals surface area (Å²) < 4.78 is 1.72. The molecular formula is C21H19N5OS. The first-order valence-corrected chi connectivity index (χ1v) is 9.95. The highest BCUT2D eigenvalue weighted by Gasteiger charge is 2.07. The van der Waals surface area contributed by atoms with Gasteiger partial charge in [0.05, 0.1) is 5.69 Å². The fraction of sp³-hybridized carbons (Fsp3) is 0.143. The maximum atomic E-state index is 12.2. The highest BCUT2D eigenvalue weighted by atomic mass is 32.2. The molecule has 0 unspecified atom stereocenters. The van der Waals surface area contributed by atoms with Crippen molar-refractivity contribution in [3.63, 3.8) is 0 Å². The van der Waals surface area contributed by atoms with Crippen LogP contribution in [0.3, 0.4) is 0 Å². The van der Waals surface area contributed by atoms with Crippen molar-refractivity contribution in [2.24, 2.45) is 0 Å². The molecule has 140 valence electrons. The highest BCUT2D eigenvalue weighted by Crippen LogP contribution is 2.21. The molecule has 0 saturated heterocycles. The Bertz CT molecular complexity index is 1090. The quantitative estimate of drug-likeness (QED) is 0.500. The average molecular weight is 389 g/mol. The van der Waals surface area contributed by atoms with Crippen molar-refractivity contribution < 1.29 is 4.79 Å². The summed E-state index contributed by atoms with van der Waals surface area (Å²) in [6.07, 6.45) is 0.465. The zero-order valence-corrected chi connectivity index (χ0v) is 16.2. The van der Waals surface area contributed by atoms with E-state index in [2.05, 4.69) is 20.6 Å². The molecule has 0 aliphatic heterocycles. The summed E-state index contributed by atoms with van der Waals surface area (Å²) in [6, 6.07) is 21.6. The Morgan fingerprint density at radius 1 is 1.00 bits per heavy atom. The van der Waals surface area contributed by atoms with Crippen LogP contribution in [0.15, 0.2) is 71.6 Å². The van der Waals surface area contributed by atoms with Gasteiger partial charge in [-0.15, -0.1) is 22.0 Å². The molecule has 0 saturated carbocycles. The van der Waals surface area contributed by atoms with Gasteiger partial charge in [0.2, 0.25) is 5.91 Å². The molecule has 2 aromatic carbocycles. The minimum Gasteiger partial charge on any atom is -0.326 e. The molecule has 6 nitrogen and oxygen atoms in total. The molecule has 0 fully saturated rings. The van der Waals surface area contributed by atoms with Crippen LogP contribution < -0.4 is 5.32 Å². The van der Waals surface area contributed by atoms with Crippen molar-refractivity contribution in [1.29, 1.82) is 0 Å². The summed E-state index contributed by atoms with van der Waals surface area (Å²) in [6.45, 7) is 1.87. The monoisotopic (exact) mass is 389 g/mol. The summed E-state index contributed by atoms with van der Waals surface area (Å²) in [5.74, 6) is 1.50. The van der Waals surface area contributed by atoms with Gasteiger partial charge in [0.25, 0.3) is 0 Å². The van der Waals surface area contributed by atoms with E-state index in [1.807, 2.05) is 73.7 Å². The number of benzene rings is 2. The van der Waals surface area contributed by atoms with Crippen molar-refractivity contribution in [2.45, 2.75) is 18.2 Å². The number of carbonyl (C=O) groups is 1. The molecular weight excluding hydrogens is 370 g/mol. The number of nitrogens with zero attached hydrogens (tertiary/aromatic N) is 4. The Labute approximate surface area is 167 Å². The molecule has 2 heterocycles. The Kier molecular flexibility index (Phi) is 5.34. The van der Waals surface area contributed by atoms with E-state index in [0.29, 0.717) is 6.42 Å². The Morgan fingerprint density at radius 2 is 1.79 bits per heavy atom. The second-order valence-corrected chi connectivity index (χ2v) is 7.44. The van der Waals surface area contributed by atoms with E-state index in [4.69, 9.17) is 0 Å². The highest BCUT2D eigenvalue weighted by molar-refractivity contribution is 7.99. The third-order valence-electron chi connectivity index (χ3n) is 4.22. The number of amides is 1. The first-order chi connectivity index (χ1) is 13.7. The van der Waals surface area contributed by atoms with E-state index < -0.39 is 0 Å². The SMILES string of the molecule is Cc1nnc2ccc(-c3ccc(NC(=O)CCSc4ccccc4)cc3)nn12. The maximum absolute atomic E-state index is 12.2. The first-order valence-electron chi connectivity index (χ1n) is 8.96. The van der Waals surface area contributed by atoms with Gasteiger partial charge < -0.3 is 5.32 Å². The molecule has 4 aromatic rings. The van der Waals surface area contributed by atoms with Crippen molar-refractivity contribution in [3.05, 3.63) is 72.6 Å². The van der Waals surface area contributed by atoms with E-state index in [0.717, 1.165) is 34.2 Å². The first kappa shape index (κ1) is 18.2. The number of hydrogen-bond donors (Lipinski definition) is 1. The van der Waals surface area contributed by atoms with Gasteiger partial charge in [-0.25, -0.2) is 0 Å². The normalized spacial score (nSPS) is 10.9. The van der Waals surface area contributed by atoms with Crippen molar-refractivity contribution >= 4 is 29.0 Å². The van der Waals surface area contributed by atoms with Crippen LogP contribution in [0, 0.1) is 6.92 Å². The molecule has 0 radical (unpaired) electrons. The average Bonchev–Trinajstić information content (AvgIpc) is 3.10. The molecule has 28 heavy (non-hydrogen) atoms. The lowest BCUT2D eigenvalue weighted by molar-refractivity contribution is -0.115. The van der Waals surface area contributed by atoms with E-state index in [1.54, 1.807) is 16.3 Å². The van der Waals surface area contributed by atoms with Crippen LogP contribution in [0.1, 0.15) is 12.2 Å². The van der Waals surface area contributed by atoms with E-state index >= 15 is 0 Å². The lowest BCUT2D eigenvalue weighted by Gasteiger charge is -2.07. The standard InChI is InChI=1S/C21H19N5OS/c1-15-23-24-20-12-11-19(25-26(15)20)16-7-9-17(10-8-16)22-21(27)13-14-28-18-5-3-2-4-6-18/h2-12H,13-14H2,1H3,(H,22,27). The van der Waals surface area contributed by atoms with Crippen molar-refractivity contribution in [1.82, 2.24) is 19.8 Å². The molecule has 0 aliphatic carbocycles. The largest absolute Gasteiger partial charge is 0.326 e. The fourth-order valence-electron chi connectivity index (χ4n) is 2.78. The van der Waals surface area contributed by atoms with Gasteiger partial charge in [0.15, 0.2) is 11.5 Å². The van der Waals surface area contributed by atoms with Crippen LogP contribution in [-0.2, 0) is 4.79 Å². The molecule has 2 aromatic heterocycles. The van der Waals surface area contributed by atoms with Crippen LogP contribution >= 0.6 is 11.8 Å². The topological polar surface area (TPSA) is 72.2 Å². The third kappa shape index (κ3) is 4.20. The van der Waals surface area contributed by atoms with Crippen molar-refractivity contribution in [2.75, 3.05) is 11.1 Å². The summed E-state index contributed by atoms with van der Waals surface area (Å²) in [5, 5.41) is 15.6. The second kappa shape index (κ2) is 8.22. The fourth-order valence-corrected chi connectivity index (χ4v) is 3.65. The molecule has 1 amide bonds. The minimum atomic E-state index is 0.0100. The molecule has 0 spiro atoms. The summed E-state index contributed by atoms with van der Waals surface area (Å²) in [5.41, 5.74) is 3.29. The number of fused-ring (bicyclic) bond motifs is 1. The van der Waals surface area contributed by atoms with Gasteiger partial charge in [0.1, 0.15) is 0 Å². The Morgan fingerprint density at radius 3 is 2.57 bits per heavy atom. The summed E-state index contributed by atoms with van der Waals surface area (Å²) in [4.78, 5) is 13.3. The Hall–Kier alpha value is -3.19. The second-order valence-electron chi connectivity index (χ2n) is 6.27. The number of rotatable bonds is 6. The number of aromatic nitrogens is 4. The van der Waals surface area contributed by atoms with Gasteiger partial charge >= 0.3 is 0 Å². The lowest BCUT2D eigenvalue weighted by atomic mass is 10.1. The van der Waals surface area contributed by atoms with E-state index in [9.17, 15) is 4.79 Å². The van der Waals surface area contributed by atoms with Gasteiger partial charge in [0, 0.05) is 28.3 Å². The lowest BCUT2D eigenvalue weighted by Crippen LogP contribution is -2.12. The van der Waals surface area contributed by atoms with Crippen molar-refractivity contribution in [3.8, 4) is 11.3 Å². The van der Waals surface area contributed by atoms with Crippen LogP contribution in [0.5, 0.6) is 0 Å². The van der Waals surface area contributed by atoms with E-state index in [1.165, 1.54) is 4.90 Å². The predicted octanol–water partition coefficient (Wildman–Crippen LogP) is 4.22. The van der Waals surface area contributed by atoms with Crippen LogP contribution in [0.4, 0.5) is 5.69 Å². The molecule has 0 aliphatic rings. The van der Waals surface area contributed by atoms with E-state index in [-0.39, 0.29) is 5.91 Å². The smallest absolute Gasteiger partial charge is 0.225 e. The molecule has 4 rings (SSSR count). The van der Waals surface area contributed by atoms with Gasteiger partial charge in [-0.2, -0.15) is 9.61 Å². The minimum absolute atomic E-state index is 0.0100. The molecule has 1 N–H and O–H groups in total. The number of anilines is 1. The Balaban J connectivity index is 1.36. The number of carbonyl (C=O) groups excluding carboxylic acids is 1. The zero-order chi connectivity index (χ0) is 19.3. The summed E-state index contributed by atoms with van der Waals surface area (Å²) >= 11 is 1.68. The van der Waals surface area contributed by atoms with Crippen LogP contribution in [-0.4, -0.2) is 31.5 Å². The third-order valence-corrected chi connectivity index (χ3v) is 5.24.